The summed E-state index contributed by atoms with van der Waals surface area (Å²) in [5, 5.41) is 2.26. The normalized spacial score (nSPS) is 11.4. The predicted molar refractivity (Wildman–Crippen MR) is 127 cm³/mol. The zero-order chi connectivity index (χ0) is 24.9. The monoisotopic (exact) mass is 491 g/mol. The molecule has 0 heterocycles. The van der Waals surface area contributed by atoms with Crippen LogP contribution in [0.2, 0.25) is 5.02 Å². The highest BCUT2D eigenvalue weighted by Gasteiger charge is 2.34. The Labute approximate surface area is 201 Å². The van der Waals surface area contributed by atoms with Crippen molar-refractivity contribution < 1.29 is 27.4 Å². The van der Waals surface area contributed by atoms with Crippen LogP contribution in [0.4, 0.5) is 18.9 Å². The Morgan fingerprint density at radius 1 is 1.00 bits per heavy atom. The van der Waals surface area contributed by atoms with Crippen LogP contribution in [0.1, 0.15) is 53.7 Å². The molecule has 3 aromatic carbocycles. The largest absolute Gasteiger partial charge is 0.493 e. The van der Waals surface area contributed by atoms with Crippen molar-refractivity contribution in [2.45, 2.75) is 39.5 Å². The molecule has 34 heavy (non-hydrogen) atoms. The minimum absolute atomic E-state index is 0.0764. The van der Waals surface area contributed by atoms with Crippen LogP contribution in [-0.2, 0) is 12.8 Å². The first-order valence-electron chi connectivity index (χ1n) is 10.8. The molecule has 0 bridgehead atoms. The zero-order valence-corrected chi connectivity index (χ0v) is 19.8. The number of hydrogen-bond acceptors (Lipinski definition) is 3. The number of halogens is 4. The lowest BCUT2D eigenvalue weighted by Crippen LogP contribution is -2.17. The number of para-hydroxylation sites is 1. The van der Waals surface area contributed by atoms with Crippen LogP contribution in [0.25, 0.3) is 0 Å². The highest BCUT2D eigenvalue weighted by molar-refractivity contribution is 6.30. The van der Waals surface area contributed by atoms with Gasteiger partial charge in [0.05, 0.1) is 17.9 Å². The van der Waals surface area contributed by atoms with Gasteiger partial charge in [-0.05, 0) is 60.9 Å². The number of amides is 1. The number of carbonyl (C=O) groups excluding carboxylic acids is 1. The van der Waals surface area contributed by atoms with Crippen molar-refractivity contribution in [3.05, 3.63) is 87.9 Å². The van der Waals surface area contributed by atoms with Crippen LogP contribution in [-0.4, -0.2) is 12.5 Å². The van der Waals surface area contributed by atoms with Crippen molar-refractivity contribution in [3.63, 3.8) is 0 Å². The molecule has 0 saturated carbocycles. The Morgan fingerprint density at radius 3 is 2.41 bits per heavy atom. The van der Waals surface area contributed by atoms with E-state index in [2.05, 4.69) is 19.2 Å². The van der Waals surface area contributed by atoms with E-state index in [0.717, 1.165) is 17.7 Å². The van der Waals surface area contributed by atoms with E-state index in [1.165, 1.54) is 12.1 Å². The van der Waals surface area contributed by atoms with Gasteiger partial charge < -0.3 is 14.8 Å². The highest BCUT2D eigenvalue weighted by Crippen LogP contribution is 2.37. The lowest BCUT2D eigenvalue weighted by molar-refractivity contribution is -0.136. The second-order valence-electron chi connectivity index (χ2n) is 7.88. The van der Waals surface area contributed by atoms with Gasteiger partial charge in [0.15, 0.2) is 0 Å². The number of rotatable bonds is 8. The summed E-state index contributed by atoms with van der Waals surface area (Å²) in [4.78, 5) is 12.8. The van der Waals surface area contributed by atoms with E-state index in [1.54, 1.807) is 12.1 Å². The van der Waals surface area contributed by atoms with Crippen LogP contribution < -0.4 is 14.8 Å². The van der Waals surface area contributed by atoms with Gasteiger partial charge in [0.25, 0.3) is 5.91 Å². The summed E-state index contributed by atoms with van der Waals surface area (Å²) in [6, 6.07) is 15.5. The number of ether oxygens (including phenoxy) is 2. The standard InChI is InChI=1S/C26H25ClF3NO3/c1-4-33-23-12-9-17(13-18(23)15-34-24-8-6-5-7-20(24)16(2)3)25(32)31-22-11-10-19(27)14-21(22)26(28,29)30/h5-14,16H,4,15H2,1-3H3,(H,31,32). The Balaban J connectivity index is 1.87. The third kappa shape index (κ3) is 6.23. The molecule has 0 unspecified atom stereocenters. The summed E-state index contributed by atoms with van der Waals surface area (Å²) < 4.78 is 51.9. The quantitative estimate of drug-likeness (QED) is 0.351. The van der Waals surface area contributed by atoms with Crippen molar-refractivity contribution in [2.24, 2.45) is 0 Å². The predicted octanol–water partition coefficient (Wildman–Crippen LogP) is 7.71. The van der Waals surface area contributed by atoms with Gasteiger partial charge in [-0.1, -0.05) is 43.6 Å². The van der Waals surface area contributed by atoms with Crippen molar-refractivity contribution in [1.82, 2.24) is 0 Å². The second-order valence-corrected chi connectivity index (χ2v) is 8.31. The maximum absolute atomic E-state index is 13.4. The SMILES string of the molecule is CCOc1ccc(C(=O)Nc2ccc(Cl)cc2C(F)(F)F)cc1COc1ccccc1C(C)C. The number of nitrogens with one attached hydrogen (secondary N) is 1. The van der Waals surface area contributed by atoms with E-state index in [4.69, 9.17) is 21.1 Å². The molecule has 1 N–H and O–H groups in total. The van der Waals surface area contributed by atoms with Crippen molar-refractivity contribution in [1.29, 1.82) is 0 Å². The van der Waals surface area contributed by atoms with E-state index in [0.29, 0.717) is 23.7 Å². The molecule has 1 amide bonds. The summed E-state index contributed by atoms with van der Waals surface area (Å²) in [6.07, 6.45) is -4.67. The van der Waals surface area contributed by atoms with Gasteiger partial charge in [-0.25, -0.2) is 0 Å². The summed E-state index contributed by atoms with van der Waals surface area (Å²) in [7, 11) is 0. The molecule has 0 atom stereocenters. The van der Waals surface area contributed by atoms with Crippen molar-refractivity contribution in [2.75, 3.05) is 11.9 Å². The first-order valence-corrected chi connectivity index (χ1v) is 11.1. The molecule has 4 nitrogen and oxygen atoms in total. The molecule has 3 aromatic rings. The third-order valence-corrected chi connectivity index (χ3v) is 5.32. The van der Waals surface area contributed by atoms with Gasteiger partial charge >= 0.3 is 6.18 Å². The van der Waals surface area contributed by atoms with E-state index in [1.807, 2.05) is 31.2 Å². The van der Waals surface area contributed by atoms with E-state index < -0.39 is 17.6 Å². The maximum atomic E-state index is 13.4. The van der Waals surface area contributed by atoms with Crippen molar-refractivity contribution >= 4 is 23.2 Å². The molecule has 8 heteroatoms. The molecular weight excluding hydrogens is 467 g/mol. The number of alkyl halides is 3. The van der Waals surface area contributed by atoms with Gasteiger partial charge in [-0.3, -0.25) is 4.79 Å². The van der Waals surface area contributed by atoms with Crippen LogP contribution in [0.5, 0.6) is 11.5 Å². The molecule has 0 aromatic heterocycles. The molecule has 3 rings (SSSR count). The average molecular weight is 492 g/mol. The Hall–Kier alpha value is -3.19. The molecule has 0 saturated heterocycles. The maximum Gasteiger partial charge on any atom is 0.418 e. The average Bonchev–Trinajstić information content (AvgIpc) is 2.79. The van der Waals surface area contributed by atoms with Gasteiger partial charge in [0, 0.05) is 16.1 Å². The number of benzene rings is 3. The van der Waals surface area contributed by atoms with E-state index >= 15 is 0 Å². The Kier molecular flexibility index (Phi) is 8.10. The van der Waals surface area contributed by atoms with Crippen LogP contribution in [0, 0.1) is 0 Å². The molecule has 0 radical (unpaired) electrons. The summed E-state index contributed by atoms with van der Waals surface area (Å²) in [6.45, 7) is 6.48. The fraction of sp³-hybridized carbons (Fsp3) is 0.269. The molecule has 0 aliphatic heterocycles. The molecule has 0 spiro atoms. The van der Waals surface area contributed by atoms with Crippen LogP contribution in [0.3, 0.4) is 0 Å². The fourth-order valence-electron chi connectivity index (χ4n) is 3.43. The number of anilines is 1. The first-order chi connectivity index (χ1) is 16.1. The zero-order valence-electron chi connectivity index (χ0n) is 19.0. The lowest BCUT2D eigenvalue weighted by Gasteiger charge is -2.17. The molecule has 0 aliphatic carbocycles. The summed E-state index contributed by atoms with van der Waals surface area (Å²) >= 11 is 5.72. The first kappa shape index (κ1) is 25.4. The smallest absolute Gasteiger partial charge is 0.418 e. The molecule has 180 valence electrons. The Bertz CT molecular complexity index is 1160. The fourth-order valence-corrected chi connectivity index (χ4v) is 3.60. The lowest BCUT2D eigenvalue weighted by atomic mass is 10.0. The van der Waals surface area contributed by atoms with Crippen LogP contribution in [0.15, 0.2) is 60.7 Å². The van der Waals surface area contributed by atoms with Gasteiger partial charge in [0.2, 0.25) is 0 Å². The van der Waals surface area contributed by atoms with Crippen molar-refractivity contribution in [3.8, 4) is 11.5 Å². The molecule has 0 fully saturated rings. The summed E-state index contributed by atoms with van der Waals surface area (Å²) in [5.74, 6) is 0.802. The minimum atomic E-state index is -4.67. The van der Waals surface area contributed by atoms with Crippen LogP contribution >= 0.6 is 11.6 Å². The van der Waals surface area contributed by atoms with Gasteiger partial charge in [-0.15, -0.1) is 0 Å². The number of hydrogen-bond donors (Lipinski definition) is 1. The highest BCUT2D eigenvalue weighted by atomic mass is 35.5. The summed E-state index contributed by atoms with van der Waals surface area (Å²) in [5.41, 5.74) is 0.409. The number of carbonyl (C=O) groups is 1. The van der Waals surface area contributed by atoms with E-state index in [-0.39, 0.29) is 28.8 Å². The Morgan fingerprint density at radius 2 is 1.74 bits per heavy atom. The van der Waals surface area contributed by atoms with Gasteiger partial charge in [-0.2, -0.15) is 13.2 Å². The molecular formula is C26H25ClF3NO3. The molecule has 0 aliphatic rings. The third-order valence-electron chi connectivity index (χ3n) is 5.08. The van der Waals surface area contributed by atoms with Gasteiger partial charge in [0.1, 0.15) is 18.1 Å². The second kappa shape index (κ2) is 10.8. The van der Waals surface area contributed by atoms with E-state index in [9.17, 15) is 18.0 Å². The topological polar surface area (TPSA) is 47.6 Å². The minimum Gasteiger partial charge on any atom is -0.493 e.